The van der Waals surface area contributed by atoms with E-state index in [1.54, 1.807) is 0 Å². The molecule has 0 amide bonds. The Hall–Kier alpha value is -1.85. The Morgan fingerprint density at radius 2 is 1.89 bits per heavy atom. The standard InChI is InChI=1S/C13H21N3O3/c1-3-5-6-7-8-14-9(4-2)10-11(17)15-13(19)16-12(10)18/h3-8H2,1-2H3,(H3,15,16,17,18,19). The number of nitrogens with one attached hydrogen (secondary N) is 2. The van der Waals surface area contributed by atoms with Crippen molar-refractivity contribution in [3.05, 3.63) is 26.4 Å². The lowest BCUT2D eigenvalue weighted by Crippen LogP contribution is -2.27. The maximum Gasteiger partial charge on any atom is 0.328 e. The van der Waals surface area contributed by atoms with Crippen molar-refractivity contribution in [3.8, 4) is 5.88 Å². The van der Waals surface area contributed by atoms with Crippen LogP contribution in [0.25, 0.3) is 0 Å². The number of nitrogens with zero attached hydrogens (tertiary/aromatic N) is 1. The van der Waals surface area contributed by atoms with Gasteiger partial charge < -0.3 is 5.11 Å². The lowest BCUT2D eigenvalue weighted by molar-refractivity contribution is 0.447. The topological polar surface area (TPSA) is 98.3 Å². The van der Waals surface area contributed by atoms with Crippen molar-refractivity contribution in [3.63, 3.8) is 0 Å². The summed E-state index contributed by atoms with van der Waals surface area (Å²) in [6.07, 6.45) is 4.91. The third-order valence-electron chi connectivity index (χ3n) is 2.86. The molecule has 1 rings (SSSR count). The number of unbranched alkanes of at least 4 members (excludes halogenated alkanes) is 3. The first-order valence-corrected chi connectivity index (χ1v) is 6.69. The van der Waals surface area contributed by atoms with Gasteiger partial charge in [0.2, 0.25) is 5.88 Å². The molecule has 19 heavy (non-hydrogen) atoms. The molecule has 3 N–H and O–H groups in total. The van der Waals surface area contributed by atoms with Crippen LogP contribution in [0.5, 0.6) is 5.88 Å². The molecule has 0 aliphatic carbocycles. The molecule has 0 bridgehead atoms. The zero-order valence-electron chi connectivity index (χ0n) is 11.5. The van der Waals surface area contributed by atoms with Crippen LogP contribution in [0.15, 0.2) is 14.6 Å². The van der Waals surface area contributed by atoms with Gasteiger partial charge in [-0.3, -0.25) is 19.8 Å². The second-order valence-corrected chi connectivity index (χ2v) is 4.37. The van der Waals surface area contributed by atoms with Gasteiger partial charge in [0.05, 0.1) is 5.71 Å². The SMILES string of the molecule is CCCCCCN=C(CC)c1c(O)[nH]c(=O)[nH]c1=O. The normalized spacial score (nSPS) is 11.8. The maximum atomic E-state index is 11.7. The molecule has 0 saturated carbocycles. The van der Waals surface area contributed by atoms with E-state index in [1.165, 1.54) is 6.42 Å². The van der Waals surface area contributed by atoms with Gasteiger partial charge in [-0.2, -0.15) is 0 Å². The Morgan fingerprint density at radius 3 is 2.47 bits per heavy atom. The molecule has 1 aromatic rings. The van der Waals surface area contributed by atoms with Gasteiger partial charge in [0.25, 0.3) is 5.56 Å². The summed E-state index contributed by atoms with van der Waals surface area (Å²) in [5, 5.41) is 9.66. The minimum Gasteiger partial charge on any atom is -0.494 e. The minimum atomic E-state index is -0.718. The predicted octanol–water partition coefficient (Wildman–Crippen LogP) is 1.55. The molecular weight excluding hydrogens is 246 g/mol. The van der Waals surface area contributed by atoms with Crippen LogP contribution in [0.1, 0.15) is 51.5 Å². The van der Waals surface area contributed by atoms with Crippen molar-refractivity contribution >= 4 is 5.71 Å². The summed E-state index contributed by atoms with van der Waals surface area (Å²) < 4.78 is 0. The van der Waals surface area contributed by atoms with E-state index in [0.29, 0.717) is 18.7 Å². The van der Waals surface area contributed by atoms with Crippen molar-refractivity contribution < 1.29 is 5.11 Å². The number of aliphatic imine (C=N–C) groups is 1. The number of H-pyrrole nitrogens is 2. The van der Waals surface area contributed by atoms with Crippen LogP contribution in [-0.2, 0) is 0 Å². The Bertz CT molecular complexity index is 543. The van der Waals surface area contributed by atoms with Gasteiger partial charge in [0, 0.05) is 6.54 Å². The molecule has 1 aromatic heterocycles. The van der Waals surface area contributed by atoms with E-state index in [0.717, 1.165) is 19.3 Å². The first-order valence-electron chi connectivity index (χ1n) is 6.69. The molecule has 0 aliphatic heterocycles. The highest BCUT2D eigenvalue weighted by atomic mass is 16.3. The number of hydrogen-bond donors (Lipinski definition) is 3. The van der Waals surface area contributed by atoms with E-state index in [2.05, 4.69) is 21.9 Å². The minimum absolute atomic E-state index is 0.0672. The summed E-state index contributed by atoms with van der Waals surface area (Å²) in [6, 6.07) is 0. The fourth-order valence-corrected chi connectivity index (χ4v) is 1.86. The van der Waals surface area contributed by atoms with Crippen LogP contribution >= 0.6 is 0 Å². The quantitative estimate of drug-likeness (QED) is 0.516. The van der Waals surface area contributed by atoms with Gasteiger partial charge >= 0.3 is 5.69 Å². The van der Waals surface area contributed by atoms with Crippen LogP contribution in [0.4, 0.5) is 0 Å². The van der Waals surface area contributed by atoms with Gasteiger partial charge in [-0.1, -0.05) is 33.1 Å². The maximum absolute atomic E-state index is 11.7. The summed E-state index contributed by atoms with van der Waals surface area (Å²) in [5.41, 5.74) is -0.732. The summed E-state index contributed by atoms with van der Waals surface area (Å²) in [6.45, 7) is 4.62. The van der Waals surface area contributed by atoms with E-state index < -0.39 is 17.1 Å². The molecule has 0 aliphatic rings. The molecule has 0 aromatic carbocycles. The van der Waals surface area contributed by atoms with E-state index in [4.69, 9.17) is 0 Å². The fourth-order valence-electron chi connectivity index (χ4n) is 1.86. The van der Waals surface area contributed by atoms with Crippen LogP contribution in [-0.4, -0.2) is 27.3 Å². The number of aromatic nitrogens is 2. The average molecular weight is 267 g/mol. The summed E-state index contributed by atoms with van der Waals surface area (Å²) in [5.74, 6) is -0.414. The molecule has 0 unspecified atom stereocenters. The molecule has 0 radical (unpaired) electrons. The zero-order valence-corrected chi connectivity index (χ0v) is 11.5. The highest BCUT2D eigenvalue weighted by Crippen LogP contribution is 2.10. The van der Waals surface area contributed by atoms with Gasteiger partial charge in [-0.05, 0) is 12.8 Å². The van der Waals surface area contributed by atoms with E-state index in [1.807, 2.05) is 6.92 Å². The van der Waals surface area contributed by atoms with Crippen molar-refractivity contribution in [2.24, 2.45) is 4.99 Å². The zero-order chi connectivity index (χ0) is 14.3. The van der Waals surface area contributed by atoms with Gasteiger partial charge in [0.15, 0.2) is 0 Å². The molecular formula is C13H21N3O3. The third kappa shape index (κ3) is 4.39. The Balaban J connectivity index is 2.88. The highest BCUT2D eigenvalue weighted by Gasteiger charge is 2.13. The van der Waals surface area contributed by atoms with E-state index in [9.17, 15) is 14.7 Å². The van der Waals surface area contributed by atoms with Crippen LogP contribution in [0, 0.1) is 0 Å². The molecule has 0 atom stereocenters. The Kier molecular flexibility index (Phi) is 6.05. The second-order valence-electron chi connectivity index (χ2n) is 4.37. The molecule has 0 spiro atoms. The lowest BCUT2D eigenvalue weighted by Gasteiger charge is -2.05. The molecule has 0 saturated heterocycles. The summed E-state index contributed by atoms with van der Waals surface area (Å²) >= 11 is 0. The average Bonchev–Trinajstić information content (AvgIpc) is 2.35. The van der Waals surface area contributed by atoms with Crippen LogP contribution < -0.4 is 11.2 Å². The summed E-state index contributed by atoms with van der Waals surface area (Å²) in [4.78, 5) is 31.3. The monoisotopic (exact) mass is 267 g/mol. The van der Waals surface area contributed by atoms with Crippen molar-refractivity contribution in [1.82, 2.24) is 9.97 Å². The first-order chi connectivity index (χ1) is 9.10. The molecule has 6 heteroatoms. The first kappa shape index (κ1) is 15.2. The van der Waals surface area contributed by atoms with Crippen molar-refractivity contribution in [1.29, 1.82) is 0 Å². The number of rotatable bonds is 7. The van der Waals surface area contributed by atoms with Gasteiger partial charge in [0.1, 0.15) is 5.56 Å². The second kappa shape index (κ2) is 7.56. The largest absolute Gasteiger partial charge is 0.494 e. The van der Waals surface area contributed by atoms with Crippen molar-refractivity contribution in [2.45, 2.75) is 46.0 Å². The molecule has 0 fully saturated rings. The number of aromatic amines is 2. The lowest BCUT2D eigenvalue weighted by atomic mass is 10.1. The van der Waals surface area contributed by atoms with E-state index >= 15 is 0 Å². The van der Waals surface area contributed by atoms with E-state index in [-0.39, 0.29) is 5.56 Å². The smallest absolute Gasteiger partial charge is 0.328 e. The Labute approximate surface area is 111 Å². The predicted molar refractivity (Wildman–Crippen MR) is 75.2 cm³/mol. The van der Waals surface area contributed by atoms with Crippen LogP contribution in [0.2, 0.25) is 0 Å². The third-order valence-corrected chi connectivity index (χ3v) is 2.86. The van der Waals surface area contributed by atoms with Crippen LogP contribution in [0.3, 0.4) is 0 Å². The summed E-state index contributed by atoms with van der Waals surface area (Å²) in [7, 11) is 0. The molecule has 106 valence electrons. The molecule has 6 nitrogen and oxygen atoms in total. The Morgan fingerprint density at radius 1 is 1.16 bits per heavy atom. The van der Waals surface area contributed by atoms with Gasteiger partial charge in [-0.15, -0.1) is 0 Å². The highest BCUT2D eigenvalue weighted by molar-refractivity contribution is 6.01. The van der Waals surface area contributed by atoms with Gasteiger partial charge in [-0.25, -0.2) is 4.79 Å². The van der Waals surface area contributed by atoms with Crippen molar-refractivity contribution in [2.75, 3.05) is 6.54 Å². The number of hydrogen-bond acceptors (Lipinski definition) is 4. The number of aromatic hydroxyl groups is 1. The molecule has 1 heterocycles. The fraction of sp³-hybridized carbons (Fsp3) is 0.615.